The molecule has 0 saturated heterocycles. The van der Waals surface area contributed by atoms with Crippen LogP contribution in [-0.2, 0) is 6.54 Å². The van der Waals surface area contributed by atoms with Crippen LogP contribution in [0.4, 0.5) is 0 Å². The number of fused-ring (bicyclic) bond motifs is 1. The SMILES string of the molecule is CC(C)N(C)CCCCNCc1ccnc2ccccc12. The fourth-order valence-electron chi connectivity index (χ4n) is 2.40. The highest BCUT2D eigenvalue weighted by Crippen LogP contribution is 2.15. The van der Waals surface area contributed by atoms with Crippen molar-refractivity contribution in [1.29, 1.82) is 0 Å². The molecule has 0 fully saturated rings. The molecule has 114 valence electrons. The van der Waals surface area contributed by atoms with E-state index in [0.717, 1.165) is 18.6 Å². The van der Waals surface area contributed by atoms with E-state index >= 15 is 0 Å². The first-order valence-electron chi connectivity index (χ1n) is 7.92. The van der Waals surface area contributed by atoms with Crippen LogP contribution in [0.15, 0.2) is 36.5 Å². The Morgan fingerprint density at radius 2 is 1.95 bits per heavy atom. The third-order valence-corrected chi connectivity index (χ3v) is 4.05. The largest absolute Gasteiger partial charge is 0.313 e. The van der Waals surface area contributed by atoms with Gasteiger partial charge < -0.3 is 10.2 Å². The molecule has 21 heavy (non-hydrogen) atoms. The third-order valence-electron chi connectivity index (χ3n) is 4.05. The summed E-state index contributed by atoms with van der Waals surface area (Å²) in [7, 11) is 2.20. The quantitative estimate of drug-likeness (QED) is 0.753. The van der Waals surface area contributed by atoms with E-state index in [1.807, 2.05) is 12.3 Å². The number of pyridine rings is 1. The maximum atomic E-state index is 4.40. The van der Waals surface area contributed by atoms with Gasteiger partial charge in [-0.15, -0.1) is 0 Å². The van der Waals surface area contributed by atoms with Crippen LogP contribution in [0.2, 0.25) is 0 Å². The first kappa shape index (κ1) is 15.9. The summed E-state index contributed by atoms with van der Waals surface area (Å²) in [6, 6.07) is 11.1. The maximum Gasteiger partial charge on any atom is 0.0705 e. The molecule has 0 aliphatic carbocycles. The molecule has 1 heterocycles. The number of rotatable bonds is 8. The zero-order valence-corrected chi connectivity index (χ0v) is 13.5. The van der Waals surface area contributed by atoms with E-state index in [2.05, 4.69) is 60.4 Å². The Morgan fingerprint density at radius 3 is 2.76 bits per heavy atom. The molecule has 2 rings (SSSR count). The second kappa shape index (κ2) is 8.11. The Hall–Kier alpha value is -1.45. The molecular weight excluding hydrogens is 258 g/mol. The zero-order valence-electron chi connectivity index (χ0n) is 13.5. The molecule has 0 radical (unpaired) electrons. The molecule has 3 heteroatoms. The van der Waals surface area contributed by atoms with E-state index in [0.29, 0.717) is 6.04 Å². The number of para-hydroxylation sites is 1. The lowest BCUT2D eigenvalue weighted by atomic mass is 10.1. The molecule has 2 aromatic rings. The van der Waals surface area contributed by atoms with Crippen LogP contribution in [0.25, 0.3) is 10.9 Å². The van der Waals surface area contributed by atoms with Crippen LogP contribution in [0, 0.1) is 0 Å². The van der Waals surface area contributed by atoms with Gasteiger partial charge in [0.1, 0.15) is 0 Å². The molecule has 0 atom stereocenters. The zero-order chi connectivity index (χ0) is 15.1. The predicted octanol–water partition coefficient (Wildman–Crippen LogP) is 3.44. The number of nitrogens with zero attached hydrogens (tertiary/aromatic N) is 2. The standard InChI is InChI=1S/C18H27N3/c1-15(2)21(3)13-7-6-11-19-14-16-10-12-20-18-9-5-4-8-17(16)18/h4-5,8-10,12,15,19H,6-7,11,13-14H2,1-3H3. The highest BCUT2D eigenvalue weighted by molar-refractivity contribution is 5.81. The summed E-state index contributed by atoms with van der Waals surface area (Å²) < 4.78 is 0. The van der Waals surface area contributed by atoms with Crippen LogP contribution in [0.3, 0.4) is 0 Å². The van der Waals surface area contributed by atoms with Crippen molar-refractivity contribution < 1.29 is 0 Å². The van der Waals surface area contributed by atoms with Crippen LogP contribution in [-0.4, -0.2) is 36.1 Å². The van der Waals surface area contributed by atoms with Crippen molar-refractivity contribution in [2.24, 2.45) is 0 Å². The molecule has 0 bridgehead atoms. The van der Waals surface area contributed by atoms with Crippen molar-refractivity contribution >= 4 is 10.9 Å². The molecule has 0 amide bonds. The molecule has 0 saturated carbocycles. The average Bonchev–Trinajstić information content (AvgIpc) is 2.50. The van der Waals surface area contributed by atoms with Gasteiger partial charge in [-0.3, -0.25) is 4.98 Å². The highest BCUT2D eigenvalue weighted by Gasteiger charge is 2.02. The first-order valence-corrected chi connectivity index (χ1v) is 7.92. The number of hydrogen-bond acceptors (Lipinski definition) is 3. The minimum absolute atomic E-state index is 0.640. The third kappa shape index (κ3) is 4.80. The van der Waals surface area contributed by atoms with Crippen molar-refractivity contribution in [2.75, 3.05) is 20.1 Å². The monoisotopic (exact) mass is 285 g/mol. The molecule has 1 aromatic heterocycles. The maximum absolute atomic E-state index is 4.40. The molecule has 0 unspecified atom stereocenters. The number of hydrogen-bond donors (Lipinski definition) is 1. The lowest BCUT2D eigenvalue weighted by Gasteiger charge is -2.20. The Balaban J connectivity index is 1.73. The Bertz CT molecular complexity index is 546. The molecule has 0 aliphatic rings. The second-order valence-electron chi connectivity index (χ2n) is 5.95. The first-order chi connectivity index (χ1) is 10.2. The predicted molar refractivity (Wildman–Crippen MR) is 90.4 cm³/mol. The van der Waals surface area contributed by atoms with Gasteiger partial charge in [0.05, 0.1) is 5.52 Å². The fraction of sp³-hybridized carbons (Fsp3) is 0.500. The van der Waals surface area contributed by atoms with E-state index in [1.54, 1.807) is 0 Å². The van der Waals surface area contributed by atoms with Crippen molar-refractivity contribution in [1.82, 2.24) is 15.2 Å². The van der Waals surface area contributed by atoms with Crippen molar-refractivity contribution in [3.05, 3.63) is 42.1 Å². The van der Waals surface area contributed by atoms with Gasteiger partial charge in [0, 0.05) is 24.2 Å². The molecule has 1 aromatic carbocycles. The number of nitrogens with one attached hydrogen (secondary N) is 1. The number of benzene rings is 1. The van der Waals surface area contributed by atoms with E-state index < -0.39 is 0 Å². The summed E-state index contributed by atoms with van der Waals surface area (Å²) in [6.07, 6.45) is 4.37. The van der Waals surface area contributed by atoms with Crippen molar-refractivity contribution in [3.63, 3.8) is 0 Å². The van der Waals surface area contributed by atoms with E-state index in [4.69, 9.17) is 0 Å². The van der Waals surface area contributed by atoms with Crippen molar-refractivity contribution in [2.45, 2.75) is 39.3 Å². The van der Waals surface area contributed by atoms with Gasteiger partial charge in [0.25, 0.3) is 0 Å². The van der Waals surface area contributed by atoms with Gasteiger partial charge in [-0.1, -0.05) is 18.2 Å². The lowest BCUT2D eigenvalue weighted by Crippen LogP contribution is -2.27. The average molecular weight is 285 g/mol. The van der Waals surface area contributed by atoms with Crippen LogP contribution in [0.1, 0.15) is 32.3 Å². The minimum atomic E-state index is 0.640. The van der Waals surface area contributed by atoms with Gasteiger partial charge in [0.15, 0.2) is 0 Å². The smallest absolute Gasteiger partial charge is 0.0705 e. The van der Waals surface area contributed by atoms with Gasteiger partial charge in [-0.2, -0.15) is 0 Å². The molecule has 3 nitrogen and oxygen atoms in total. The summed E-state index contributed by atoms with van der Waals surface area (Å²) in [5.74, 6) is 0. The van der Waals surface area contributed by atoms with E-state index in [9.17, 15) is 0 Å². The minimum Gasteiger partial charge on any atom is -0.313 e. The molecular formula is C18H27N3. The van der Waals surface area contributed by atoms with E-state index in [1.165, 1.54) is 30.3 Å². The molecule has 0 spiro atoms. The number of aromatic nitrogens is 1. The number of unbranched alkanes of at least 4 members (excludes halogenated alkanes) is 1. The topological polar surface area (TPSA) is 28.2 Å². The van der Waals surface area contributed by atoms with Crippen molar-refractivity contribution in [3.8, 4) is 0 Å². The van der Waals surface area contributed by atoms with Gasteiger partial charge in [-0.25, -0.2) is 0 Å². The lowest BCUT2D eigenvalue weighted by molar-refractivity contribution is 0.268. The normalized spacial score (nSPS) is 11.7. The Kier molecular flexibility index (Phi) is 6.15. The molecule has 1 N–H and O–H groups in total. The summed E-state index contributed by atoms with van der Waals surface area (Å²) in [6.45, 7) is 7.66. The van der Waals surface area contributed by atoms with Crippen LogP contribution >= 0.6 is 0 Å². The fourth-order valence-corrected chi connectivity index (χ4v) is 2.40. The van der Waals surface area contributed by atoms with Gasteiger partial charge in [0.2, 0.25) is 0 Å². The second-order valence-corrected chi connectivity index (χ2v) is 5.95. The van der Waals surface area contributed by atoms with Crippen LogP contribution < -0.4 is 5.32 Å². The summed E-state index contributed by atoms with van der Waals surface area (Å²) in [5, 5.41) is 4.81. The highest BCUT2D eigenvalue weighted by atomic mass is 15.1. The van der Waals surface area contributed by atoms with Crippen LogP contribution in [0.5, 0.6) is 0 Å². The molecule has 0 aliphatic heterocycles. The Morgan fingerprint density at radius 1 is 1.14 bits per heavy atom. The summed E-state index contributed by atoms with van der Waals surface area (Å²) >= 11 is 0. The Labute approximate surface area is 128 Å². The van der Waals surface area contributed by atoms with E-state index in [-0.39, 0.29) is 0 Å². The summed E-state index contributed by atoms with van der Waals surface area (Å²) in [4.78, 5) is 6.80. The van der Waals surface area contributed by atoms with Gasteiger partial charge >= 0.3 is 0 Å². The van der Waals surface area contributed by atoms with Gasteiger partial charge in [-0.05, 0) is 64.5 Å². The summed E-state index contributed by atoms with van der Waals surface area (Å²) in [5.41, 5.74) is 2.41.